The first kappa shape index (κ1) is 22.5. The third-order valence-corrected chi connectivity index (χ3v) is 6.77. The molecule has 0 atom stereocenters. The summed E-state index contributed by atoms with van der Waals surface area (Å²) in [6.07, 6.45) is 7.97. The number of benzene rings is 2. The zero-order valence-corrected chi connectivity index (χ0v) is 19.0. The maximum Gasteiger partial charge on any atom is 0.338 e. The zero-order chi connectivity index (χ0) is 23.5. The molecule has 8 heteroatoms. The quantitative estimate of drug-likeness (QED) is 0.574. The minimum atomic E-state index is -1.23. The summed E-state index contributed by atoms with van der Waals surface area (Å²) in [4.78, 5) is 22.5. The van der Waals surface area contributed by atoms with Crippen molar-refractivity contribution in [1.29, 1.82) is 0 Å². The molecule has 1 saturated carbocycles. The molecule has 0 spiro atoms. The average molecular weight is 466 g/mol. The van der Waals surface area contributed by atoms with Crippen LogP contribution in [0.3, 0.4) is 0 Å². The van der Waals surface area contributed by atoms with Crippen LogP contribution in [0.25, 0.3) is 11.0 Å². The van der Waals surface area contributed by atoms with Crippen molar-refractivity contribution in [3.63, 3.8) is 0 Å². The number of carboxylic acids is 1. The van der Waals surface area contributed by atoms with Gasteiger partial charge in [0.25, 0.3) is 0 Å². The smallest absolute Gasteiger partial charge is 0.338 e. The third-order valence-electron chi connectivity index (χ3n) is 6.77. The fraction of sp³-hybridized carbons (Fsp3) is 0.423. The van der Waals surface area contributed by atoms with Crippen LogP contribution in [0, 0.1) is 11.7 Å². The maximum absolute atomic E-state index is 13.7. The van der Waals surface area contributed by atoms with Gasteiger partial charge in [-0.15, -0.1) is 0 Å². The first-order valence-corrected chi connectivity index (χ1v) is 11.8. The first-order chi connectivity index (χ1) is 16.6. The number of carbonyl (C=O) groups is 1. The van der Waals surface area contributed by atoms with Crippen molar-refractivity contribution in [3.05, 3.63) is 59.7 Å². The highest BCUT2D eigenvalue weighted by molar-refractivity contribution is 5.88. The van der Waals surface area contributed by atoms with E-state index in [1.165, 1.54) is 12.1 Å². The van der Waals surface area contributed by atoms with Gasteiger partial charge in [-0.2, -0.15) is 0 Å². The molecule has 1 aromatic heterocycles. The Morgan fingerprint density at radius 2 is 1.85 bits per heavy atom. The second kappa shape index (κ2) is 9.93. The lowest BCUT2D eigenvalue weighted by Crippen LogP contribution is -2.36. The molecule has 178 valence electrons. The molecule has 1 aliphatic carbocycles. The second-order valence-corrected chi connectivity index (χ2v) is 9.05. The Bertz CT molecular complexity index is 1170. The lowest BCUT2D eigenvalue weighted by atomic mass is 9.83. The van der Waals surface area contributed by atoms with Gasteiger partial charge in [-0.05, 0) is 61.8 Å². The number of ether oxygens (including phenoxy) is 2. The maximum atomic E-state index is 13.7. The highest BCUT2D eigenvalue weighted by Crippen LogP contribution is 2.34. The lowest BCUT2D eigenvalue weighted by Gasteiger charge is -2.31. The van der Waals surface area contributed by atoms with Crippen LogP contribution in [-0.2, 0) is 11.2 Å². The summed E-state index contributed by atoms with van der Waals surface area (Å²) in [7, 11) is 0. The van der Waals surface area contributed by atoms with Gasteiger partial charge in [0.15, 0.2) is 0 Å². The summed E-state index contributed by atoms with van der Waals surface area (Å²) >= 11 is 0. The van der Waals surface area contributed by atoms with Crippen molar-refractivity contribution in [2.24, 2.45) is 5.92 Å². The van der Waals surface area contributed by atoms with Crippen LogP contribution in [0.1, 0.15) is 41.6 Å². The van der Waals surface area contributed by atoms with Gasteiger partial charge in [-0.1, -0.05) is 6.07 Å². The predicted molar refractivity (Wildman–Crippen MR) is 126 cm³/mol. The molecule has 0 radical (unpaired) electrons. The molecule has 2 aliphatic rings. The van der Waals surface area contributed by atoms with Crippen LogP contribution in [0.4, 0.5) is 10.1 Å². The Hall–Kier alpha value is -3.26. The van der Waals surface area contributed by atoms with Gasteiger partial charge in [-0.25, -0.2) is 14.2 Å². The number of rotatable bonds is 6. The predicted octanol–water partition coefficient (Wildman–Crippen LogP) is 4.48. The van der Waals surface area contributed by atoms with Gasteiger partial charge in [0, 0.05) is 37.2 Å². The van der Waals surface area contributed by atoms with E-state index in [1.54, 1.807) is 18.5 Å². The molecule has 3 aromatic rings. The van der Waals surface area contributed by atoms with E-state index in [0.717, 1.165) is 73.2 Å². The van der Waals surface area contributed by atoms with E-state index in [2.05, 4.69) is 27.0 Å². The molecule has 2 aromatic carbocycles. The van der Waals surface area contributed by atoms with E-state index >= 15 is 0 Å². The van der Waals surface area contributed by atoms with Crippen LogP contribution in [-0.4, -0.2) is 53.5 Å². The number of anilines is 1. The van der Waals surface area contributed by atoms with Gasteiger partial charge in [0.05, 0.1) is 30.4 Å². The molecule has 0 amide bonds. The minimum Gasteiger partial charge on any atom is -0.488 e. The largest absolute Gasteiger partial charge is 0.488 e. The molecule has 5 rings (SSSR count). The summed E-state index contributed by atoms with van der Waals surface area (Å²) in [6.45, 7) is 3.09. The lowest BCUT2D eigenvalue weighted by molar-refractivity contribution is 0.0691. The number of aromatic nitrogens is 2. The highest BCUT2D eigenvalue weighted by atomic mass is 19.1. The van der Waals surface area contributed by atoms with Crippen molar-refractivity contribution in [1.82, 2.24) is 9.97 Å². The normalized spacial score (nSPS) is 20.9. The van der Waals surface area contributed by atoms with Crippen LogP contribution >= 0.6 is 0 Å². The molecule has 0 unspecified atom stereocenters. The summed E-state index contributed by atoms with van der Waals surface area (Å²) < 4.78 is 25.7. The van der Waals surface area contributed by atoms with E-state index in [1.807, 2.05) is 0 Å². The molecular formula is C26H28FN3O4. The van der Waals surface area contributed by atoms with E-state index in [0.29, 0.717) is 19.1 Å². The molecule has 2 fully saturated rings. The standard InChI is InChI=1S/C26H28FN3O4/c27-22-6-3-18(14-21(22)26(31)32)13-17-1-4-20(5-2-17)34-24-16-19(30-9-11-33-12-10-30)15-23-25(24)29-8-7-28-23/h3,6-8,14-17,20H,1-2,4-5,9-13H2,(H,31,32). The number of hydrogen-bond donors (Lipinski definition) is 1. The number of fused-ring (bicyclic) bond motifs is 1. The number of aromatic carboxylic acids is 1. The number of hydrogen-bond acceptors (Lipinski definition) is 6. The van der Waals surface area contributed by atoms with Gasteiger partial charge in [0.1, 0.15) is 17.1 Å². The van der Waals surface area contributed by atoms with Crippen molar-refractivity contribution >= 4 is 22.7 Å². The number of nitrogens with zero attached hydrogens (tertiary/aromatic N) is 3. The van der Waals surface area contributed by atoms with E-state index < -0.39 is 11.8 Å². The monoisotopic (exact) mass is 465 g/mol. The Labute approximate surface area is 197 Å². The van der Waals surface area contributed by atoms with Crippen molar-refractivity contribution in [2.75, 3.05) is 31.2 Å². The Morgan fingerprint density at radius 1 is 1.09 bits per heavy atom. The van der Waals surface area contributed by atoms with Gasteiger partial charge < -0.3 is 19.5 Å². The van der Waals surface area contributed by atoms with E-state index in [-0.39, 0.29) is 11.7 Å². The number of morpholine rings is 1. The van der Waals surface area contributed by atoms with Gasteiger partial charge >= 0.3 is 5.97 Å². The topological polar surface area (TPSA) is 84.8 Å². The molecule has 1 aliphatic heterocycles. The van der Waals surface area contributed by atoms with Crippen molar-refractivity contribution < 1.29 is 23.8 Å². The Morgan fingerprint density at radius 3 is 2.62 bits per heavy atom. The fourth-order valence-corrected chi connectivity index (χ4v) is 4.95. The Balaban J connectivity index is 1.26. The van der Waals surface area contributed by atoms with Crippen LogP contribution in [0.15, 0.2) is 42.7 Å². The summed E-state index contributed by atoms with van der Waals surface area (Å²) in [5.41, 5.74) is 3.27. The van der Waals surface area contributed by atoms with Crippen molar-refractivity contribution in [2.45, 2.75) is 38.2 Å². The number of halogens is 1. The molecular weight excluding hydrogens is 437 g/mol. The van der Waals surface area contributed by atoms with E-state index in [4.69, 9.17) is 9.47 Å². The van der Waals surface area contributed by atoms with Gasteiger partial charge in [-0.3, -0.25) is 4.98 Å². The fourth-order valence-electron chi connectivity index (χ4n) is 4.95. The summed E-state index contributed by atoms with van der Waals surface area (Å²) in [5.74, 6) is -0.738. The molecule has 2 heterocycles. The highest BCUT2D eigenvalue weighted by Gasteiger charge is 2.25. The Kier molecular flexibility index (Phi) is 6.58. The van der Waals surface area contributed by atoms with Crippen molar-refractivity contribution in [3.8, 4) is 5.75 Å². The van der Waals surface area contributed by atoms with Crippen LogP contribution in [0.5, 0.6) is 5.75 Å². The summed E-state index contributed by atoms with van der Waals surface area (Å²) in [6, 6.07) is 8.53. The summed E-state index contributed by atoms with van der Waals surface area (Å²) in [5, 5.41) is 9.17. The molecule has 1 saturated heterocycles. The number of carboxylic acid groups (broad SMARTS) is 1. The molecule has 1 N–H and O–H groups in total. The minimum absolute atomic E-state index is 0.0872. The third kappa shape index (κ3) is 4.97. The van der Waals surface area contributed by atoms with Crippen LogP contribution < -0.4 is 9.64 Å². The van der Waals surface area contributed by atoms with Gasteiger partial charge in [0.2, 0.25) is 0 Å². The first-order valence-electron chi connectivity index (χ1n) is 11.8. The average Bonchev–Trinajstić information content (AvgIpc) is 2.86. The molecule has 34 heavy (non-hydrogen) atoms. The molecule has 7 nitrogen and oxygen atoms in total. The molecule has 0 bridgehead atoms. The van der Waals surface area contributed by atoms with E-state index in [9.17, 15) is 14.3 Å². The zero-order valence-electron chi connectivity index (χ0n) is 19.0. The SMILES string of the molecule is O=C(O)c1cc(CC2CCC(Oc3cc(N4CCOCC4)cc4nccnc34)CC2)ccc1F. The second-order valence-electron chi connectivity index (χ2n) is 9.05. The van der Waals surface area contributed by atoms with Crippen LogP contribution in [0.2, 0.25) is 0 Å².